The Bertz CT molecular complexity index is 602. The summed E-state index contributed by atoms with van der Waals surface area (Å²) in [7, 11) is 1.47. The van der Waals surface area contributed by atoms with Crippen molar-refractivity contribution < 1.29 is 19.4 Å². The molecule has 1 unspecified atom stereocenters. The summed E-state index contributed by atoms with van der Waals surface area (Å²) in [4.78, 5) is 25.9. The first-order valence-corrected chi connectivity index (χ1v) is 7.56. The van der Waals surface area contributed by atoms with Crippen molar-refractivity contribution in [2.45, 2.75) is 20.3 Å². The number of carbonyl (C=O) groups excluding carboxylic acids is 1. The Labute approximate surface area is 134 Å². The first-order chi connectivity index (χ1) is 10.3. The van der Waals surface area contributed by atoms with E-state index < -0.39 is 11.4 Å². The van der Waals surface area contributed by atoms with Crippen LogP contribution in [0.1, 0.15) is 30.6 Å². The number of carbonyl (C=O) groups is 2. The van der Waals surface area contributed by atoms with Gasteiger partial charge < -0.3 is 14.7 Å². The highest BCUT2D eigenvalue weighted by molar-refractivity contribution is 6.30. The Hall–Kier alpha value is -1.75. The summed E-state index contributed by atoms with van der Waals surface area (Å²) in [6.07, 6.45) is 0.460. The third kappa shape index (κ3) is 2.77. The number of hydrogen-bond acceptors (Lipinski definition) is 3. The molecule has 1 atom stereocenters. The molecule has 1 saturated heterocycles. The average Bonchev–Trinajstić information content (AvgIpc) is 2.93. The van der Waals surface area contributed by atoms with Crippen LogP contribution in [-0.2, 0) is 4.79 Å². The predicted octanol–water partition coefficient (Wildman–Crippen LogP) is 2.92. The fourth-order valence-corrected chi connectivity index (χ4v) is 3.07. The Morgan fingerprint density at radius 3 is 2.59 bits per heavy atom. The van der Waals surface area contributed by atoms with Gasteiger partial charge >= 0.3 is 5.97 Å². The first kappa shape index (κ1) is 16.6. The van der Waals surface area contributed by atoms with Crippen molar-refractivity contribution in [1.82, 2.24) is 4.90 Å². The molecule has 1 N–H and O–H groups in total. The summed E-state index contributed by atoms with van der Waals surface area (Å²) >= 11 is 5.91. The maximum atomic E-state index is 12.7. The van der Waals surface area contributed by atoms with Crippen LogP contribution in [0.3, 0.4) is 0 Å². The van der Waals surface area contributed by atoms with E-state index in [2.05, 4.69) is 0 Å². The third-order valence-electron chi connectivity index (χ3n) is 4.51. The second-order valence-corrected chi connectivity index (χ2v) is 6.37. The van der Waals surface area contributed by atoms with Crippen molar-refractivity contribution in [2.24, 2.45) is 11.3 Å². The van der Waals surface area contributed by atoms with Crippen LogP contribution in [0.15, 0.2) is 18.2 Å². The van der Waals surface area contributed by atoms with Gasteiger partial charge in [-0.15, -0.1) is 0 Å². The number of rotatable bonds is 4. The number of ether oxygens (including phenoxy) is 1. The molecule has 0 aliphatic carbocycles. The lowest BCUT2D eigenvalue weighted by molar-refractivity contribution is -0.150. The minimum atomic E-state index is -0.880. The SMILES string of the molecule is COc1cc(Cl)ccc1C(=O)N1CCC(C(=O)O)(C(C)C)C1. The van der Waals surface area contributed by atoms with Gasteiger partial charge in [0.1, 0.15) is 5.75 Å². The van der Waals surface area contributed by atoms with Crippen LogP contribution in [0.4, 0.5) is 0 Å². The fraction of sp³-hybridized carbons (Fsp3) is 0.500. The largest absolute Gasteiger partial charge is 0.496 e. The van der Waals surface area contributed by atoms with E-state index >= 15 is 0 Å². The molecule has 1 amide bonds. The van der Waals surface area contributed by atoms with Crippen LogP contribution < -0.4 is 4.74 Å². The van der Waals surface area contributed by atoms with Crippen LogP contribution in [0.2, 0.25) is 5.02 Å². The molecular weight excluding hydrogens is 306 g/mol. The average molecular weight is 326 g/mol. The van der Waals surface area contributed by atoms with Gasteiger partial charge in [0.25, 0.3) is 5.91 Å². The molecule has 1 fully saturated rings. The molecule has 1 aromatic carbocycles. The normalized spacial score (nSPS) is 21.2. The van der Waals surface area contributed by atoms with Crippen LogP contribution in [-0.4, -0.2) is 42.1 Å². The summed E-state index contributed by atoms with van der Waals surface area (Å²) in [6, 6.07) is 4.82. The van der Waals surface area contributed by atoms with Crippen molar-refractivity contribution in [2.75, 3.05) is 20.2 Å². The van der Waals surface area contributed by atoms with Crippen molar-refractivity contribution in [3.05, 3.63) is 28.8 Å². The lowest BCUT2D eigenvalue weighted by atomic mass is 9.76. The van der Waals surface area contributed by atoms with Gasteiger partial charge in [0, 0.05) is 18.1 Å². The molecule has 0 saturated carbocycles. The van der Waals surface area contributed by atoms with Crippen LogP contribution >= 0.6 is 11.6 Å². The van der Waals surface area contributed by atoms with Crippen LogP contribution in [0.25, 0.3) is 0 Å². The maximum absolute atomic E-state index is 12.7. The second-order valence-electron chi connectivity index (χ2n) is 5.94. The molecule has 2 rings (SSSR count). The van der Waals surface area contributed by atoms with Crippen molar-refractivity contribution in [3.63, 3.8) is 0 Å². The predicted molar refractivity (Wildman–Crippen MR) is 83.4 cm³/mol. The van der Waals surface area contributed by atoms with E-state index in [9.17, 15) is 14.7 Å². The topological polar surface area (TPSA) is 66.8 Å². The van der Waals surface area contributed by atoms with Crippen molar-refractivity contribution in [1.29, 1.82) is 0 Å². The standard InChI is InChI=1S/C16H20ClNO4/c1-10(2)16(15(20)21)6-7-18(9-16)14(19)12-5-4-11(17)8-13(12)22-3/h4-5,8,10H,6-7,9H2,1-3H3,(H,20,21). The molecule has 0 aromatic heterocycles. The van der Waals surface area contributed by atoms with E-state index in [-0.39, 0.29) is 18.4 Å². The summed E-state index contributed by atoms with van der Waals surface area (Å²) in [6.45, 7) is 4.40. The number of nitrogens with zero attached hydrogens (tertiary/aromatic N) is 1. The van der Waals surface area contributed by atoms with Gasteiger partial charge in [-0.05, 0) is 30.5 Å². The molecule has 1 heterocycles. The zero-order valence-electron chi connectivity index (χ0n) is 12.9. The lowest BCUT2D eigenvalue weighted by Crippen LogP contribution is -2.40. The van der Waals surface area contributed by atoms with Crippen molar-refractivity contribution >= 4 is 23.5 Å². The highest BCUT2D eigenvalue weighted by atomic mass is 35.5. The molecule has 1 aliphatic rings. The van der Waals surface area contributed by atoms with Gasteiger partial charge in [0.05, 0.1) is 18.1 Å². The zero-order valence-corrected chi connectivity index (χ0v) is 13.7. The number of carboxylic acids is 1. The highest BCUT2D eigenvalue weighted by Gasteiger charge is 2.48. The van der Waals surface area contributed by atoms with E-state index in [1.807, 2.05) is 13.8 Å². The first-order valence-electron chi connectivity index (χ1n) is 7.18. The van der Waals surface area contributed by atoms with Gasteiger partial charge in [-0.3, -0.25) is 9.59 Å². The zero-order chi connectivity index (χ0) is 16.5. The van der Waals surface area contributed by atoms with Gasteiger partial charge in [0.15, 0.2) is 0 Å². The molecule has 5 nitrogen and oxygen atoms in total. The second kappa shape index (κ2) is 6.16. The smallest absolute Gasteiger partial charge is 0.311 e. The minimum absolute atomic E-state index is 0.0464. The Balaban J connectivity index is 2.27. The lowest BCUT2D eigenvalue weighted by Gasteiger charge is -2.28. The summed E-state index contributed by atoms with van der Waals surface area (Å²) in [5, 5.41) is 10.0. The number of benzene rings is 1. The quantitative estimate of drug-likeness (QED) is 0.924. The highest BCUT2D eigenvalue weighted by Crippen LogP contribution is 2.39. The molecule has 0 spiro atoms. The summed E-state index contributed by atoms with van der Waals surface area (Å²) < 4.78 is 5.21. The Morgan fingerprint density at radius 2 is 2.09 bits per heavy atom. The fourth-order valence-electron chi connectivity index (χ4n) is 2.91. The number of methoxy groups -OCH3 is 1. The maximum Gasteiger partial charge on any atom is 0.311 e. The summed E-state index contributed by atoms with van der Waals surface area (Å²) in [5.41, 5.74) is -0.480. The van der Waals surface area contributed by atoms with E-state index in [0.717, 1.165) is 0 Å². The summed E-state index contributed by atoms with van der Waals surface area (Å²) in [5.74, 6) is -0.719. The molecular formula is C16H20ClNO4. The molecule has 0 radical (unpaired) electrons. The molecule has 120 valence electrons. The van der Waals surface area contributed by atoms with Gasteiger partial charge in [-0.25, -0.2) is 0 Å². The van der Waals surface area contributed by atoms with Crippen LogP contribution in [0, 0.1) is 11.3 Å². The van der Waals surface area contributed by atoms with E-state index in [4.69, 9.17) is 16.3 Å². The molecule has 6 heteroatoms. The number of halogens is 1. The molecule has 1 aliphatic heterocycles. The number of carboxylic acid groups (broad SMARTS) is 1. The van der Waals surface area contributed by atoms with Gasteiger partial charge in [-0.1, -0.05) is 25.4 Å². The van der Waals surface area contributed by atoms with E-state index in [0.29, 0.717) is 29.3 Å². The van der Waals surface area contributed by atoms with Gasteiger partial charge in [-0.2, -0.15) is 0 Å². The van der Waals surface area contributed by atoms with E-state index in [1.165, 1.54) is 7.11 Å². The number of hydrogen-bond donors (Lipinski definition) is 1. The van der Waals surface area contributed by atoms with Crippen LogP contribution in [0.5, 0.6) is 5.75 Å². The molecule has 0 bridgehead atoms. The number of likely N-dealkylation sites (tertiary alicyclic amines) is 1. The minimum Gasteiger partial charge on any atom is -0.496 e. The third-order valence-corrected chi connectivity index (χ3v) is 4.75. The monoisotopic (exact) mass is 325 g/mol. The van der Waals surface area contributed by atoms with Gasteiger partial charge in [0.2, 0.25) is 0 Å². The Morgan fingerprint density at radius 1 is 1.41 bits per heavy atom. The van der Waals surface area contributed by atoms with E-state index in [1.54, 1.807) is 23.1 Å². The Kier molecular flexibility index (Phi) is 4.66. The number of aliphatic carboxylic acids is 1. The van der Waals surface area contributed by atoms with Crippen molar-refractivity contribution in [3.8, 4) is 5.75 Å². The number of amides is 1. The molecule has 1 aromatic rings. The molecule has 22 heavy (non-hydrogen) atoms.